The smallest absolute Gasteiger partial charge is 0.230 e. The number of hydrogen-bond acceptors (Lipinski definition) is 7. The number of carbonyl (C=O) groups excluding carboxylic acids is 1. The predicted octanol–water partition coefficient (Wildman–Crippen LogP) is 4.80. The summed E-state index contributed by atoms with van der Waals surface area (Å²) in [5.41, 5.74) is 0.987. The van der Waals surface area contributed by atoms with Gasteiger partial charge in [-0.2, -0.15) is 0 Å². The van der Waals surface area contributed by atoms with E-state index in [1.807, 2.05) is 53.1 Å². The summed E-state index contributed by atoms with van der Waals surface area (Å²) < 4.78 is 7.67. The van der Waals surface area contributed by atoms with Gasteiger partial charge in [-0.25, -0.2) is 0 Å². The molecule has 3 aromatic heterocycles. The van der Waals surface area contributed by atoms with Gasteiger partial charge in [0.25, 0.3) is 0 Å². The van der Waals surface area contributed by atoms with Crippen LogP contribution in [-0.2, 0) is 11.2 Å². The summed E-state index contributed by atoms with van der Waals surface area (Å²) in [6.45, 7) is 6.46. The molecular formula is C25H29N5O2S2. The topological polar surface area (TPSA) is 76.2 Å². The maximum atomic E-state index is 12.8. The summed E-state index contributed by atoms with van der Waals surface area (Å²) in [4.78, 5) is 16.3. The Balaban J connectivity index is 1.43. The van der Waals surface area contributed by atoms with Crippen molar-refractivity contribution in [2.24, 2.45) is 0 Å². The number of furan rings is 1. The number of thioether (sulfide) groups is 1. The van der Waals surface area contributed by atoms with Gasteiger partial charge in [0.05, 0.1) is 18.1 Å². The van der Waals surface area contributed by atoms with Crippen LogP contribution in [-0.4, -0.2) is 51.0 Å². The molecule has 1 aromatic carbocycles. The Morgan fingerprint density at radius 1 is 1.12 bits per heavy atom. The fraction of sp³-hybridized carbons (Fsp3) is 0.320. The van der Waals surface area contributed by atoms with Gasteiger partial charge in [-0.15, -0.1) is 21.5 Å². The van der Waals surface area contributed by atoms with Crippen molar-refractivity contribution in [1.29, 1.82) is 0 Å². The van der Waals surface area contributed by atoms with Crippen LogP contribution in [0.2, 0.25) is 0 Å². The largest absolute Gasteiger partial charge is 0.468 e. The molecule has 1 N–H and O–H groups in total. The number of nitrogens with one attached hydrogen (secondary N) is 1. The van der Waals surface area contributed by atoms with Gasteiger partial charge in [0.2, 0.25) is 5.91 Å². The van der Waals surface area contributed by atoms with Crippen molar-refractivity contribution in [3.63, 3.8) is 0 Å². The summed E-state index contributed by atoms with van der Waals surface area (Å²) in [5, 5.41) is 14.7. The molecule has 4 aromatic rings. The second kappa shape index (κ2) is 12.0. The summed E-state index contributed by atoms with van der Waals surface area (Å²) in [6, 6.07) is 18.0. The minimum absolute atomic E-state index is 0.00400. The molecule has 1 unspecified atom stereocenters. The third kappa shape index (κ3) is 5.97. The first kappa shape index (κ1) is 24.3. The van der Waals surface area contributed by atoms with Crippen LogP contribution in [0.25, 0.3) is 5.69 Å². The fourth-order valence-corrected chi connectivity index (χ4v) is 5.36. The summed E-state index contributed by atoms with van der Waals surface area (Å²) in [5.74, 6) is 1.93. The molecule has 0 radical (unpaired) electrons. The van der Waals surface area contributed by atoms with E-state index in [-0.39, 0.29) is 17.7 Å². The van der Waals surface area contributed by atoms with Crippen molar-refractivity contribution >= 4 is 29.0 Å². The van der Waals surface area contributed by atoms with Crippen molar-refractivity contribution in [3.05, 3.63) is 82.7 Å². The highest BCUT2D eigenvalue weighted by Crippen LogP contribution is 2.25. The monoisotopic (exact) mass is 495 g/mol. The Morgan fingerprint density at radius 2 is 1.94 bits per heavy atom. The Bertz CT molecular complexity index is 1140. The van der Waals surface area contributed by atoms with Crippen LogP contribution < -0.4 is 5.32 Å². The zero-order valence-corrected chi connectivity index (χ0v) is 21.0. The van der Waals surface area contributed by atoms with Crippen molar-refractivity contribution in [2.75, 3.05) is 25.4 Å². The molecule has 7 nitrogen and oxygen atoms in total. The van der Waals surface area contributed by atoms with Crippen LogP contribution in [0.5, 0.6) is 0 Å². The van der Waals surface area contributed by atoms with E-state index in [0.717, 1.165) is 30.4 Å². The van der Waals surface area contributed by atoms with Gasteiger partial charge in [-0.05, 0) is 48.8 Å². The van der Waals surface area contributed by atoms with E-state index in [9.17, 15) is 4.79 Å². The zero-order valence-electron chi connectivity index (χ0n) is 19.4. The molecule has 0 saturated carbocycles. The molecule has 0 spiro atoms. The molecule has 0 aliphatic rings. The number of carbonyl (C=O) groups is 1. The molecule has 0 bridgehead atoms. The highest BCUT2D eigenvalue weighted by molar-refractivity contribution is 7.99. The molecule has 3 heterocycles. The summed E-state index contributed by atoms with van der Waals surface area (Å²) in [6.07, 6.45) is 2.37. The van der Waals surface area contributed by atoms with Crippen molar-refractivity contribution < 1.29 is 9.21 Å². The lowest BCUT2D eigenvalue weighted by Crippen LogP contribution is -2.38. The highest BCUT2D eigenvalue weighted by atomic mass is 32.2. The first-order chi connectivity index (χ1) is 16.7. The molecule has 34 heavy (non-hydrogen) atoms. The lowest BCUT2D eigenvalue weighted by atomic mass is 10.2. The number of benzene rings is 1. The Labute approximate surface area is 208 Å². The third-order valence-corrected chi connectivity index (χ3v) is 7.38. The maximum absolute atomic E-state index is 12.8. The van der Waals surface area contributed by atoms with Crippen LogP contribution in [0.15, 0.2) is 75.8 Å². The van der Waals surface area contributed by atoms with Crippen LogP contribution >= 0.6 is 23.1 Å². The molecule has 0 aliphatic carbocycles. The van der Waals surface area contributed by atoms with E-state index < -0.39 is 0 Å². The van der Waals surface area contributed by atoms with Gasteiger partial charge >= 0.3 is 0 Å². The normalized spacial score (nSPS) is 12.2. The highest BCUT2D eigenvalue weighted by Gasteiger charge is 2.22. The first-order valence-electron chi connectivity index (χ1n) is 11.4. The van der Waals surface area contributed by atoms with E-state index in [4.69, 9.17) is 4.42 Å². The van der Waals surface area contributed by atoms with E-state index in [0.29, 0.717) is 18.1 Å². The SMILES string of the molecule is CCN(CC)C(CNC(=O)CSc1nnc(Cc2cccs2)n1-c1ccccc1)c1ccco1. The van der Waals surface area contributed by atoms with Gasteiger partial charge in [-0.1, -0.05) is 49.9 Å². The van der Waals surface area contributed by atoms with Gasteiger partial charge in [0.15, 0.2) is 5.16 Å². The van der Waals surface area contributed by atoms with Gasteiger partial charge in [-0.3, -0.25) is 14.3 Å². The number of aromatic nitrogens is 3. The Morgan fingerprint density at radius 3 is 2.62 bits per heavy atom. The van der Waals surface area contributed by atoms with E-state index in [1.54, 1.807) is 17.6 Å². The van der Waals surface area contributed by atoms with E-state index >= 15 is 0 Å². The first-order valence-corrected chi connectivity index (χ1v) is 13.2. The molecule has 9 heteroatoms. The van der Waals surface area contributed by atoms with Crippen molar-refractivity contribution in [1.82, 2.24) is 25.0 Å². The maximum Gasteiger partial charge on any atom is 0.230 e. The van der Waals surface area contributed by atoms with Crippen LogP contribution in [0.4, 0.5) is 0 Å². The lowest BCUT2D eigenvalue weighted by molar-refractivity contribution is -0.118. The number of rotatable bonds is 12. The molecule has 0 saturated heterocycles. The average Bonchev–Trinajstić information content (AvgIpc) is 3.64. The average molecular weight is 496 g/mol. The molecule has 178 valence electrons. The summed E-state index contributed by atoms with van der Waals surface area (Å²) >= 11 is 3.10. The molecule has 0 fully saturated rings. The van der Waals surface area contributed by atoms with Crippen LogP contribution in [0.1, 0.15) is 36.4 Å². The molecular weight excluding hydrogens is 466 g/mol. The quantitative estimate of drug-likeness (QED) is 0.285. The van der Waals surface area contributed by atoms with Crippen molar-refractivity contribution in [3.8, 4) is 5.69 Å². The Kier molecular flexibility index (Phi) is 8.56. The van der Waals surface area contributed by atoms with Gasteiger partial charge < -0.3 is 9.73 Å². The second-order valence-electron chi connectivity index (χ2n) is 7.67. The van der Waals surface area contributed by atoms with Crippen LogP contribution in [0.3, 0.4) is 0 Å². The van der Waals surface area contributed by atoms with Crippen LogP contribution in [0, 0.1) is 0 Å². The number of para-hydroxylation sites is 1. The number of amides is 1. The molecule has 0 aliphatic heterocycles. The lowest BCUT2D eigenvalue weighted by Gasteiger charge is -2.28. The number of likely N-dealkylation sites (N-methyl/N-ethyl adjacent to an activating group) is 1. The number of hydrogen-bond donors (Lipinski definition) is 1. The Hall–Kier alpha value is -2.88. The third-order valence-electron chi connectivity index (χ3n) is 5.58. The molecule has 1 atom stereocenters. The zero-order chi connectivity index (χ0) is 23.8. The number of thiophene rings is 1. The fourth-order valence-electron chi connectivity index (χ4n) is 3.86. The van der Waals surface area contributed by atoms with Gasteiger partial charge in [0, 0.05) is 23.5 Å². The second-order valence-corrected chi connectivity index (χ2v) is 9.65. The van der Waals surface area contributed by atoms with Gasteiger partial charge in [0.1, 0.15) is 11.6 Å². The minimum atomic E-state index is -0.0452. The van der Waals surface area contributed by atoms with E-state index in [2.05, 4.69) is 45.7 Å². The molecule has 1 amide bonds. The molecule has 4 rings (SSSR count). The predicted molar refractivity (Wildman–Crippen MR) is 137 cm³/mol. The number of nitrogens with zero attached hydrogens (tertiary/aromatic N) is 4. The van der Waals surface area contributed by atoms with E-state index in [1.165, 1.54) is 16.6 Å². The van der Waals surface area contributed by atoms with Crippen molar-refractivity contribution in [2.45, 2.75) is 31.5 Å². The standard InChI is InChI=1S/C25H29N5O2S2/c1-3-29(4-2)21(22-13-8-14-32-22)17-26-24(31)18-34-25-28-27-23(16-20-12-9-15-33-20)30(25)19-10-6-5-7-11-19/h5-15,21H,3-4,16-18H2,1-2H3,(H,26,31). The summed E-state index contributed by atoms with van der Waals surface area (Å²) in [7, 11) is 0. The minimum Gasteiger partial charge on any atom is -0.468 e.